The number of aromatic nitrogens is 1. The highest BCUT2D eigenvalue weighted by Gasteiger charge is 1.92. The highest BCUT2D eigenvalue weighted by atomic mass is 27.0. The lowest BCUT2D eigenvalue weighted by Crippen LogP contribution is -1.73. The Hall–Kier alpha value is -0.968. The molecule has 1 heterocycles. The molecule has 0 spiro atoms. The number of hydrogen-bond acceptors (Lipinski definition) is 0. The lowest BCUT2D eigenvalue weighted by molar-refractivity contribution is 1.40. The van der Waals surface area contributed by atoms with Crippen molar-refractivity contribution in [1.82, 2.24) is 4.98 Å². The summed E-state index contributed by atoms with van der Waals surface area (Å²) < 4.78 is 0. The van der Waals surface area contributed by atoms with Crippen LogP contribution in [0.2, 0.25) is 0 Å². The van der Waals surface area contributed by atoms with Crippen LogP contribution in [0.4, 0.5) is 0 Å². The minimum Gasteiger partial charge on any atom is -0.361 e. The van der Waals surface area contributed by atoms with Gasteiger partial charge in [-0.1, -0.05) is 30.3 Å². The Bertz CT molecular complexity index is 313. The van der Waals surface area contributed by atoms with Crippen molar-refractivity contribution in [2.24, 2.45) is 0 Å². The SMILES string of the molecule is [AlH3].c1ccc(-c2ccc[nH]2)cc1. The van der Waals surface area contributed by atoms with Crippen molar-refractivity contribution >= 4 is 17.4 Å². The van der Waals surface area contributed by atoms with Gasteiger partial charge in [-0.15, -0.1) is 0 Å². The molecule has 0 amide bonds. The number of H-pyrrole nitrogens is 1. The van der Waals surface area contributed by atoms with E-state index in [1.165, 1.54) is 11.3 Å². The third-order valence-electron chi connectivity index (χ3n) is 1.68. The summed E-state index contributed by atoms with van der Waals surface area (Å²) in [5, 5.41) is 0. The molecule has 1 aromatic carbocycles. The second kappa shape index (κ2) is 4.16. The van der Waals surface area contributed by atoms with Crippen LogP contribution in [0, 0.1) is 0 Å². The molecule has 0 saturated carbocycles. The van der Waals surface area contributed by atoms with Crippen LogP contribution in [0.1, 0.15) is 0 Å². The Labute approximate surface area is 82.6 Å². The van der Waals surface area contributed by atoms with Gasteiger partial charge in [0.05, 0.1) is 0 Å². The topological polar surface area (TPSA) is 15.8 Å². The number of nitrogens with one attached hydrogen (secondary N) is 1. The van der Waals surface area contributed by atoms with Crippen LogP contribution in [0.25, 0.3) is 11.3 Å². The maximum atomic E-state index is 3.15. The van der Waals surface area contributed by atoms with E-state index >= 15 is 0 Å². The number of aromatic amines is 1. The van der Waals surface area contributed by atoms with Crippen LogP contribution in [0.15, 0.2) is 48.7 Å². The van der Waals surface area contributed by atoms with Crippen molar-refractivity contribution in [3.8, 4) is 11.3 Å². The van der Waals surface area contributed by atoms with E-state index in [0.717, 1.165) is 0 Å². The molecule has 1 aromatic heterocycles. The molecule has 0 radical (unpaired) electrons. The average molecular weight is 173 g/mol. The molecule has 2 rings (SSSR count). The molecule has 2 aromatic rings. The Morgan fingerprint density at radius 1 is 0.833 bits per heavy atom. The van der Waals surface area contributed by atoms with E-state index in [-0.39, 0.29) is 17.4 Å². The van der Waals surface area contributed by atoms with E-state index in [4.69, 9.17) is 0 Å². The predicted octanol–water partition coefficient (Wildman–Crippen LogP) is 1.50. The summed E-state index contributed by atoms with van der Waals surface area (Å²) >= 11 is 0. The van der Waals surface area contributed by atoms with Gasteiger partial charge in [0.25, 0.3) is 0 Å². The molecule has 0 saturated heterocycles. The van der Waals surface area contributed by atoms with Gasteiger partial charge < -0.3 is 4.98 Å². The molecule has 0 aliphatic carbocycles. The van der Waals surface area contributed by atoms with Gasteiger partial charge in [-0.05, 0) is 17.7 Å². The summed E-state index contributed by atoms with van der Waals surface area (Å²) in [6, 6.07) is 14.3. The van der Waals surface area contributed by atoms with Crippen LogP contribution >= 0.6 is 0 Å². The van der Waals surface area contributed by atoms with Crippen LogP contribution in [-0.2, 0) is 0 Å². The summed E-state index contributed by atoms with van der Waals surface area (Å²) in [6.07, 6.45) is 1.93. The summed E-state index contributed by atoms with van der Waals surface area (Å²) in [4.78, 5) is 3.15. The van der Waals surface area contributed by atoms with Crippen molar-refractivity contribution in [2.75, 3.05) is 0 Å². The first-order valence-corrected chi connectivity index (χ1v) is 3.65. The van der Waals surface area contributed by atoms with Gasteiger partial charge in [-0.2, -0.15) is 0 Å². The zero-order valence-electron chi connectivity index (χ0n) is 6.12. The van der Waals surface area contributed by atoms with Crippen LogP contribution < -0.4 is 0 Å². The van der Waals surface area contributed by atoms with E-state index in [0.29, 0.717) is 0 Å². The average Bonchev–Trinajstić information content (AvgIpc) is 2.58. The fourth-order valence-corrected chi connectivity index (χ4v) is 1.13. The van der Waals surface area contributed by atoms with Crippen LogP contribution in [0.5, 0.6) is 0 Å². The van der Waals surface area contributed by atoms with Gasteiger partial charge in [0.1, 0.15) is 0 Å². The fraction of sp³-hybridized carbons (Fsp3) is 0. The van der Waals surface area contributed by atoms with Crippen molar-refractivity contribution < 1.29 is 0 Å². The Morgan fingerprint density at radius 2 is 1.58 bits per heavy atom. The van der Waals surface area contributed by atoms with E-state index in [1.54, 1.807) is 0 Å². The van der Waals surface area contributed by atoms with E-state index in [2.05, 4.69) is 23.2 Å². The zero-order chi connectivity index (χ0) is 7.52. The highest BCUT2D eigenvalue weighted by molar-refractivity contribution is 5.75. The standard InChI is InChI=1S/C10H9N.Al.3H/c1-2-5-9(6-3-1)10-7-4-8-11-10;;;;/h1-8,11H;;;;. The third kappa shape index (κ3) is 1.79. The summed E-state index contributed by atoms with van der Waals surface area (Å²) in [6.45, 7) is 0. The molecule has 0 aliphatic heterocycles. The van der Waals surface area contributed by atoms with Crippen molar-refractivity contribution in [1.29, 1.82) is 0 Å². The lowest BCUT2D eigenvalue weighted by Gasteiger charge is -1.94. The molecule has 1 N–H and O–H groups in total. The molecule has 0 bridgehead atoms. The van der Waals surface area contributed by atoms with E-state index in [9.17, 15) is 0 Å². The molecule has 0 unspecified atom stereocenters. The third-order valence-corrected chi connectivity index (χ3v) is 1.68. The van der Waals surface area contributed by atoms with Gasteiger partial charge in [0.15, 0.2) is 17.4 Å². The van der Waals surface area contributed by atoms with Gasteiger partial charge in [0, 0.05) is 11.9 Å². The largest absolute Gasteiger partial charge is 0.361 e. The van der Waals surface area contributed by atoms with Crippen LogP contribution in [0.3, 0.4) is 0 Å². The first kappa shape index (κ1) is 9.12. The molecule has 0 fully saturated rings. The quantitative estimate of drug-likeness (QED) is 0.629. The predicted molar refractivity (Wildman–Crippen MR) is 56.2 cm³/mol. The molecule has 1 nitrogen and oxygen atoms in total. The first-order valence-electron chi connectivity index (χ1n) is 3.65. The smallest absolute Gasteiger partial charge is 0.187 e. The van der Waals surface area contributed by atoms with Gasteiger partial charge in [0.2, 0.25) is 0 Å². The maximum absolute atomic E-state index is 3.15. The monoisotopic (exact) mass is 173 g/mol. The highest BCUT2D eigenvalue weighted by Crippen LogP contribution is 2.14. The molecule has 60 valence electrons. The molecule has 12 heavy (non-hydrogen) atoms. The minimum atomic E-state index is 0. The molecular weight excluding hydrogens is 161 g/mol. The molecular formula is C10H12AlN. The second-order valence-corrected chi connectivity index (χ2v) is 2.45. The number of rotatable bonds is 1. The lowest BCUT2D eigenvalue weighted by atomic mass is 10.2. The van der Waals surface area contributed by atoms with Gasteiger partial charge in [-0.25, -0.2) is 0 Å². The summed E-state index contributed by atoms with van der Waals surface area (Å²) in [7, 11) is 0. The zero-order valence-corrected chi connectivity index (χ0v) is 6.12. The number of hydrogen-bond donors (Lipinski definition) is 1. The second-order valence-electron chi connectivity index (χ2n) is 2.45. The normalized spacial score (nSPS) is 9.00. The molecule has 0 aliphatic rings. The van der Waals surface area contributed by atoms with Gasteiger partial charge in [-0.3, -0.25) is 0 Å². The van der Waals surface area contributed by atoms with Gasteiger partial charge >= 0.3 is 0 Å². The van der Waals surface area contributed by atoms with Crippen LogP contribution in [-0.4, -0.2) is 22.3 Å². The number of benzene rings is 1. The maximum Gasteiger partial charge on any atom is 0.187 e. The Kier molecular flexibility index (Phi) is 3.16. The minimum absolute atomic E-state index is 0. The Balaban J connectivity index is 0.000000720. The molecule has 2 heteroatoms. The van der Waals surface area contributed by atoms with Crippen molar-refractivity contribution in [3.05, 3.63) is 48.7 Å². The molecule has 0 atom stereocenters. The fourth-order valence-electron chi connectivity index (χ4n) is 1.13. The Morgan fingerprint density at radius 3 is 2.17 bits per heavy atom. The van der Waals surface area contributed by atoms with E-state index < -0.39 is 0 Å². The van der Waals surface area contributed by atoms with Crippen molar-refractivity contribution in [2.45, 2.75) is 0 Å². The summed E-state index contributed by atoms with van der Waals surface area (Å²) in [5.74, 6) is 0. The van der Waals surface area contributed by atoms with E-state index in [1.807, 2.05) is 30.5 Å². The van der Waals surface area contributed by atoms with Crippen molar-refractivity contribution in [3.63, 3.8) is 0 Å². The first-order chi connectivity index (χ1) is 5.47. The summed E-state index contributed by atoms with van der Waals surface area (Å²) in [5.41, 5.74) is 2.41.